The van der Waals surface area contributed by atoms with Gasteiger partial charge in [0.1, 0.15) is 0 Å². The van der Waals surface area contributed by atoms with Gasteiger partial charge in [-0.1, -0.05) is 18.2 Å². The van der Waals surface area contributed by atoms with Crippen LogP contribution >= 0.6 is 22.7 Å². The second-order valence-corrected chi connectivity index (χ2v) is 7.49. The van der Waals surface area contributed by atoms with Crippen molar-refractivity contribution in [3.63, 3.8) is 0 Å². The topological polar surface area (TPSA) is 86.9 Å². The van der Waals surface area contributed by atoms with E-state index in [0.717, 1.165) is 22.2 Å². The van der Waals surface area contributed by atoms with Gasteiger partial charge in [-0.25, -0.2) is 4.98 Å². The predicted molar refractivity (Wildman–Crippen MR) is 109 cm³/mol. The zero-order chi connectivity index (χ0) is 18.6. The highest BCUT2D eigenvalue weighted by molar-refractivity contribution is 7.14. The van der Waals surface area contributed by atoms with E-state index in [4.69, 9.17) is 0 Å². The molecule has 1 aromatic carbocycles. The molecule has 0 fully saturated rings. The van der Waals surface area contributed by atoms with Crippen molar-refractivity contribution in [3.05, 3.63) is 58.2 Å². The van der Waals surface area contributed by atoms with Crippen LogP contribution in [0.4, 0.5) is 5.13 Å². The lowest BCUT2D eigenvalue weighted by Crippen LogP contribution is -2.27. The van der Waals surface area contributed by atoms with Gasteiger partial charge in [-0.05, 0) is 17.5 Å². The number of aromatic nitrogens is 2. The average Bonchev–Trinajstić information content (AvgIpc) is 3.41. The van der Waals surface area contributed by atoms with Gasteiger partial charge in [-0.2, -0.15) is 11.3 Å². The van der Waals surface area contributed by atoms with Crippen LogP contribution in [0, 0.1) is 0 Å². The van der Waals surface area contributed by atoms with Gasteiger partial charge in [0.15, 0.2) is 5.13 Å². The number of benzene rings is 1. The quantitative estimate of drug-likeness (QED) is 0.458. The number of fused-ring (bicyclic) bond motifs is 1. The number of nitrogens with zero attached hydrogens (tertiary/aromatic N) is 1. The van der Waals surface area contributed by atoms with E-state index in [-0.39, 0.29) is 24.8 Å². The number of hydrogen-bond acceptors (Lipinski definition) is 5. The molecule has 0 atom stereocenters. The maximum absolute atomic E-state index is 12.1. The van der Waals surface area contributed by atoms with E-state index < -0.39 is 0 Å². The molecule has 2 amide bonds. The standard InChI is InChI=1S/C19H16N4O2S2/c24-17(5-7-20-18(25)12-6-8-26-10-12)23-19-22-16(11-27-19)14-9-21-15-4-2-1-3-13(14)15/h1-4,6,8-11,21H,5,7H2,(H,20,25)(H,22,23,24). The number of anilines is 1. The number of nitrogens with one attached hydrogen (secondary N) is 3. The van der Waals surface area contributed by atoms with Gasteiger partial charge >= 0.3 is 0 Å². The summed E-state index contributed by atoms with van der Waals surface area (Å²) in [6, 6.07) is 9.76. The van der Waals surface area contributed by atoms with Gasteiger partial charge in [-0.15, -0.1) is 11.3 Å². The molecule has 0 aliphatic carbocycles. The lowest BCUT2D eigenvalue weighted by atomic mass is 10.1. The highest BCUT2D eigenvalue weighted by Crippen LogP contribution is 2.30. The van der Waals surface area contributed by atoms with Crippen molar-refractivity contribution in [2.24, 2.45) is 0 Å². The number of para-hydroxylation sites is 1. The zero-order valence-electron chi connectivity index (χ0n) is 14.2. The number of H-pyrrole nitrogens is 1. The summed E-state index contributed by atoms with van der Waals surface area (Å²) in [4.78, 5) is 31.7. The van der Waals surface area contributed by atoms with Crippen LogP contribution in [0.5, 0.6) is 0 Å². The molecule has 4 aromatic rings. The Morgan fingerprint density at radius 2 is 2.04 bits per heavy atom. The second kappa shape index (κ2) is 7.73. The molecule has 27 heavy (non-hydrogen) atoms. The summed E-state index contributed by atoms with van der Waals surface area (Å²) in [5, 5.41) is 12.7. The lowest BCUT2D eigenvalue weighted by molar-refractivity contribution is -0.116. The normalized spacial score (nSPS) is 10.8. The van der Waals surface area contributed by atoms with Crippen LogP contribution in [0.15, 0.2) is 52.7 Å². The summed E-state index contributed by atoms with van der Waals surface area (Å²) in [6.07, 6.45) is 2.11. The van der Waals surface area contributed by atoms with Crippen molar-refractivity contribution in [3.8, 4) is 11.3 Å². The fourth-order valence-corrected chi connectivity index (χ4v) is 4.07. The third kappa shape index (κ3) is 3.91. The van der Waals surface area contributed by atoms with Gasteiger partial charge in [0.2, 0.25) is 5.91 Å². The Kier molecular flexibility index (Phi) is 4.99. The first-order valence-electron chi connectivity index (χ1n) is 8.33. The molecule has 4 rings (SSSR count). The van der Waals surface area contributed by atoms with Crippen LogP contribution in [-0.4, -0.2) is 28.3 Å². The van der Waals surface area contributed by atoms with Crippen molar-refractivity contribution in [2.75, 3.05) is 11.9 Å². The first kappa shape index (κ1) is 17.4. The van der Waals surface area contributed by atoms with E-state index in [0.29, 0.717) is 10.7 Å². The van der Waals surface area contributed by atoms with Crippen LogP contribution in [0.1, 0.15) is 16.8 Å². The van der Waals surface area contributed by atoms with E-state index in [1.54, 1.807) is 11.4 Å². The first-order chi connectivity index (χ1) is 13.2. The van der Waals surface area contributed by atoms with Crippen molar-refractivity contribution < 1.29 is 9.59 Å². The van der Waals surface area contributed by atoms with Crippen molar-refractivity contribution in [2.45, 2.75) is 6.42 Å². The molecule has 0 saturated heterocycles. The lowest BCUT2D eigenvalue weighted by Gasteiger charge is -2.04. The zero-order valence-corrected chi connectivity index (χ0v) is 15.8. The Labute approximate surface area is 163 Å². The summed E-state index contributed by atoms with van der Waals surface area (Å²) in [6.45, 7) is 0.279. The van der Waals surface area contributed by atoms with Crippen LogP contribution in [0.25, 0.3) is 22.2 Å². The Balaban J connectivity index is 1.34. The summed E-state index contributed by atoms with van der Waals surface area (Å²) >= 11 is 2.84. The summed E-state index contributed by atoms with van der Waals surface area (Å²) in [5.41, 5.74) is 3.49. The summed E-state index contributed by atoms with van der Waals surface area (Å²) < 4.78 is 0. The number of hydrogen-bond donors (Lipinski definition) is 3. The van der Waals surface area contributed by atoms with Crippen molar-refractivity contribution in [1.82, 2.24) is 15.3 Å². The molecule has 0 aliphatic heterocycles. The average molecular weight is 396 g/mol. The fraction of sp³-hybridized carbons (Fsp3) is 0.105. The Bertz CT molecular complexity index is 1080. The molecule has 3 heterocycles. The molecule has 136 valence electrons. The Morgan fingerprint density at radius 3 is 2.89 bits per heavy atom. The smallest absolute Gasteiger partial charge is 0.252 e. The molecule has 0 saturated carbocycles. The maximum atomic E-state index is 12.1. The largest absolute Gasteiger partial charge is 0.360 e. The van der Waals surface area contributed by atoms with Crippen LogP contribution in [-0.2, 0) is 4.79 Å². The minimum atomic E-state index is -0.180. The van der Waals surface area contributed by atoms with Gasteiger partial charge in [-0.3, -0.25) is 9.59 Å². The summed E-state index contributed by atoms with van der Waals surface area (Å²) in [7, 11) is 0. The van der Waals surface area contributed by atoms with Crippen LogP contribution < -0.4 is 10.6 Å². The minimum absolute atomic E-state index is 0.167. The molecule has 6 nitrogen and oxygen atoms in total. The maximum Gasteiger partial charge on any atom is 0.252 e. The summed E-state index contributed by atoms with van der Waals surface area (Å²) in [5.74, 6) is -0.347. The third-order valence-electron chi connectivity index (χ3n) is 4.04. The van der Waals surface area contributed by atoms with E-state index in [2.05, 4.69) is 20.6 Å². The van der Waals surface area contributed by atoms with E-state index in [9.17, 15) is 9.59 Å². The van der Waals surface area contributed by atoms with Crippen molar-refractivity contribution in [1.29, 1.82) is 0 Å². The van der Waals surface area contributed by atoms with Crippen molar-refractivity contribution >= 4 is 50.5 Å². The molecule has 0 bridgehead atoms. The number of thiophene rings is 1. The molecule has 3 aromatic heterocycles. The predicted octanol–water partition coefficient (Wildman–Crippen LogP) is 4.11. The molecular formula is C19H16N4O2S2. The van der Waals surface area contributed by atoms with E-state index in [1.165, 1.54) is 22.7 Å². The number of carbonyl (C=O) groups is 2. The molecule has 0 radical (unpaired) electrons. The van der Waals surface area contributed by atoms with Gasteiger partial charge in [0, 0.05) is 52.0 Å². The number of amides is 2. The molecular weight excluding hydrogens is 380 g/mol. The van der Waals surface area contributed by atoms with Crippen LogP contribution in [0.3, 0.4) is 0 Å². The number of rotatable bonds is 6. The molecule has 0 aliphatic rings. The fourth-order valence-electron chi connectivity index (χ4n) is 2.71. The Morgan fingerprint density at radius 1 is 1.15 bits per heavy atom. The van der Waals surface area contributed by atoms with Crippen LogP contribution in [0.2, 0.25) is 0 Å². The second-order valence-electron chi connectivity index (χ2n) is 5.85. The van der Waals surface area contributed by atoms with Gasteiger partial charge in [0.25, 0.3) is 5.91 Å². The highest BCUT2D eigenvalue weighted by Gasteiger charge is 2.12. The first-order valence-corrected chi connectivity index (χ1v) is 10.2. The number of thiazole rings is 1. The molecule has 3 N–H and O–H groups in total. The van der Waals surface area contributed by atoms with Gasteiger partial charge in [0.05, 0.1) is 5.69 Å². The number of aromatic amines is 1. The SMILES string of the molecule is O=C(CCNC(=O)c1ccsc1)Nc1nc(-c2c[nH]c3ccccc23)cs1. The minimum Gasteiger partial charge on any atom is -0.360 e. The molecule has 0 unspecified atom stereocenters. The molecule has 8 heteroatoms. The van der Waals surface area contributed by atoms with E-state index >= 15 is 0 Å². The number of carbonyl (C=O) groups excluding carboxylic acids is 2. The third-order valence-corrected chi connectivity index (χ3v) is 5.48. The highest BCUT2D eigenvalue weighted by atomic mass is 32.1. The Hall–Kier alpha value is -2.97. The molecule has 0 spiro atoms. The monoisotopic (exact) mass is 396 g/mol. The van der Waals surface area contributed by atoms with Gasteiger partial charge < -0.3 is 15.6 Å². The van der Waals surface area contributed by atoms with E-state index in [1.807, 2.05) is 41.2 Å².